The molecule has 2 unspecified atom stereocenters. The van der Waals surface area contributed by atoms with E-state index in [0.717, 1.165) is 46.9 Å². The molecule has 1 amide bonds. The van der Waals surface area contributed by atoms with Gasteiger partial charge in [-0.15, -0.1) is 0 Å². The van der Waals surface area contributed by atoms with E-state index >= 15 is 0 Å². The van der Waals surface area contributed by atoms with Crippen molar-refractivity contribution in [2.45, 2.75) is 69.2 Å². The van der Waals surface area contributed by atoms with Gasteiger partial charge >= 0.3 is 6.18 Å². The van der Waals surface area contributed by atoms with Crippen LogP contribution >= 0.6 is 0 Å². The number of ether oxygens (including phenoxy) is 1. The number of halogens is 3. The van der Waals surface area contributed by atoms with Gasteiger partial charge < -0.3 is 14.7 Å². The summed E-state index contributed by atoms with van der Waals surface area (Å²) in [5.41, 5.74) is 1.86. The van der Waals surface area contributed by atoms with E-state index in [9.17, 15) is 27.9 Å². The molecule has 1 fully saturated rings. The highest BCUT2D eigenvalue weighted by Gasteiger charge is 2.63. The van der Waals surface area contributed by atoms with Gasteiger partial charge in [0.2, 0.25) is 0 Å². The molecule has 3 aliphatic rings. The number of aryl methyl sites for hydroxylation is 2. The molecule has 0 aromatic heterocycles. The van der Waals surface area contributed by atoms with E-state index in [1.807, 2.05) is 48.5 Å². The molecule has 10 heteroatoms. The number of fused-ring (bicyclic) bond motifs is 3. The van der Waals surface area contributed by atoms with Crippen molar-refractivity contribution in [2.75, 3.05) is 13.7 Å². The Bertz CT molecular complexity index is 1250. The van der Waals surface area contributed by atoms with E-state index in [0.29, 0.717) is 0 Å². The fourth-order valence-corrected chi connectivity index (χ4v) is 6.15. The van der Waals surface area contributed by atoms with E-state index in [1.54, 1.807) is 5.01 Å². The molecule has 1 saturated heterocycles. The van der Waals surface area contributed by atoms with Crippen LogP contribution in [-0.2, 0) is 27.2 Å². The molecule has 2 aromatic carbocycles. The maximum Gasteiger partial charge on any atom is 0.408 e. The summed E-state index contributed by atoms with van der Waals surface area (Å²) in [5.74, 6) is -1.70. The Balaban J connectivity index is 1.81. The number of nitrogens with zero attached hydrogens (tertiary/aromatic N) is 3. The number of methoxy groups -OCH3 is 1. The molecular weight excluding hydrogens is 511 g/mol. The number of carbonyl (C=O) groups is 2. The number of alkyl halides is 3. The minimum atomic E-state index is -4.75. The van der Waals surface area contributed by atoms with E-state index < -0.39 is 47.8 Å². The Morgan fingerprint density at radius 2 is 1.62 bits per heavy atom. The lowest BCUT2D eigenvalue weighted by atomic mass is 9.83. The van der Waals surface area contributed by atoms with Crippen molar-refractivity contribution < 1.29 is 32.6 Å². The number of carbonyl (C=O) groups excluding carboxylic acids is 2. The molecule has 4 atom stereocenters. The lowest BCUT2D eigenvalue weighted by Gasteiger charge is -2.62. The SMILES string of the molecule is COCC[C@@H]1N([C@@H](C)C(F)(F)F)C(=O)C2(C)C(O)C(=O)C=CN2N1C1c2ccccc2CCc2ccccc21. The smallest absolute Gasteiger partial charge is 0.385 e. The fourth-order valence-electron chi connectivity index (χ4n) is 6.15. The monoisotopic (exact) mass is 543 g/mol. The number of rotatable bonds is 5. The molecule has 0 saturated carbocycles. The van der Waals surface area contributed by atoms with E-state index in [-0.39, 0.29) is 13.0 Å². The van der Waals surface area contributed by atoms with Gasteiger partial charge in [-0.25, -0.2) is 0 Å². The summed E-state index contributed by atoms with van der Waals surface area (Å²) < 4.78 is 48.3. The molecule has 0 bridgehead atoms. The highest BCUT2D eigenvalue weighted by Crippen LogP contribution is 2.47. The molecule has 1 aliphatic carbocycles. The second kappa shape index (κ2) is 10.1. The molecule has 1 N–H and O–H groups in total. The van der Waals surface area contributed by atoms with E-state index in [4.69, 9.17) is 4.74 Å². The van der Waals surface area contributed by atoms with Crippen molar-refractivity contribution in [3.8, 4) is 0 Å². The van der Waals surface area contributed by atoms with Crippen molar-refractivity contribution >= 4 is 11.7 Å². The first kappa shape index (κ1) is 27.4. The van der Waals surface area contributed by atoms with Crippen molar-refractivity contribution in [1.82, 2.24) is 14.9 Å². The zero-order valence-corrected chi connectivity index (χ0v) is 22.1. The Morgan fingerprint density at radius 1 is 1.05 bits per heavy atom. The predicted molar refractivity (Wildman–Crippen MR) is 137 cm³/mol. The van der Waals surface area contributed by atoms with Gasteiger partial charge in [0.25, 0.3) is 5.91 Å². The number of hydrogen-bond acceptors (Lipinski definition) is 6. The fraction of sp³-hybridized carbons (Fsp3) is 0.448. The summed E-state index contributed by atoms with van der Waals surface area (Å²) in [6.07, 6.45) is -3.59. The van der Waals surface area contributed by atoms with Gasteiger partial charge in [-0.2, -0.15) is 18.2 Å². The average Bonchev–Trinajstić information content (AvgIpc) is 3.07. The topological polar surface area (TPSA) is 73.3 Å². The van der Waals surface area contributed by atoms with Crippen LogP contribution in [0.25, 0.3) is 0 Å². The van der Waals surface area contributed by atoms with Gasteiger partial charge in [-0.05, 0) is 48.9 Å². The third-order valence-electron chi connectivity index (χ3n) is 8.30. The zero-order chi connectivity index (χ0) is 28.1. The average molecular weight is 544 g/mol. The number of ketones is 1. The molecule has 5 rings (SSSR count). The molecule has 0 radical (unpaired) electrons. The summed E-state index contributed by atoms with van der Waals surface area (Å²) in [7, 11) is 1.45. The number of hydrazine groups is 1. The van der Waals surface area contributed by atoms with Crippen LogP contribution in [0.4, 0.5) is 13.2 Å². The molecule has 2 aliphatic heterocycles. The van der Waals surface area contributed by atoms with Gasteiger partial charge in [-0.1, -0.05) is 48.5 Å². The van der Waals surface area contributed by atoms with Crippen LogP contribution < -0.4 is 0 Å². The van der Waals surface area contributed by atoms with Crippen molar-refractivity contribution in [3.05, 3.63) is 83.1 Å². The van der Waals surface area contributed by atoms with Crippen LogP contribution in [0.1, 0.15) is 48.6 Å². The Labute approximate surface area is 225 Å². The Kier molecular flexibility index (Phi) is 7.07. The molecule has 7 nitrogen and oxygen atoms in total. The lowest BCUT2D eigenvalue weighted by Crippen LogP contribution is -2.80. The quantitative estimate of drug-likeness (QED) is 0.619. The first-order valence-electron chi connectivity index (χ1n) is 13.0. The summed E-state index contributed by atoms with van der Waals surface area (Å²) in [6.45, 7) is 2.36. The first-order valence-corrected chi connectivity index (χ1v) is 13.0. The van der Waals surface area contributed by atoms with Crippen molar-refractivity contribution in [3.63, 3.8) is 0 Å². The number of aliphatic hydroxyl groups is 1. The minimum Gasteiger partial charge on any atom is -0.385 e. The molecule has 39 heavy (non-hydrogen) atoms. The van der Waals surface area contributed by atoms with Crippen molar-refractivity contribution in [1.29, 1.82) is 0 Å². The van der Waals surface area contributed by atoms with E-state index in [2.05, 4.69) is 0 Å². The highest BCUT2D eigenvalue weighted by atomic mass is 19.4. The van der Waals surface area contributed by atoms with Crippen molar-refractivity contribution in [2.24, 2.45) is 0 Å². The number of benzene rings is 2. The van der Waals surface area contributed by atoms with E-state index in [1.165, 1.54) is 31.3 Å². The minimum absolute atomic E-state index is 0.0634. The van der Waals surface area contributed by atoms with Crippen LogP contribution in [0.2, 0.25) is 0 Å². The molecule has 0 spiro atoms. The first-order chi connectivity index (χ1) is 18.5. The summed E-state index contributed by atoms with van der Waals surface area (Å²) in [6, 6.07) is 12.8. The maximum atomic E-state index is 14.3. The summed E-state index contributed by atoms with van der Waals surface area (Å²) in [4.78, 5) is 27.5. The number of hydrogen-bond donors (Lipinski definition) is 1. The third-order valence-corrected chi connectivity index (χ3v) is 8.30. The zero-order valence-electron chi connectivity index (χ0n) is 22.1. The predicted octanol–water partition coefficient (Wildman–Crippen LogP) is 3.77. The van der Waals surface area contributed by atoms with Crippen LogP contribution in [0, 0.1) is 0 Å². The Morgan fingerprint density at radius 3 is 2.15 bits per heavy atom. The highest BCUT2D eigenvalue weighted by molar-refractivity contribution is 6.02. The molecule has 2 aromatic rings. The van der Waals surface area contributed by atoms with Crippen LogP contribution in [-0.4, -0.2) is 75.5 Å². The maximum absolute atomic E-state index is 14.3. The number of amides is 1. The van der Waals surface area contributed by atoms with Gasteiger partial charge in [0, 0.05) is 32.4 Å². The second-order valence-corrected chi connectivity index (χ2v) is 10.5. The second-order valence-electron chi connectivity index (χ2n) is 10.5. The lowest BCUT2D eigenvalue weighted by molar-refractivity contribution is -0.260. The van der Waals surface area contributed by atoms with Crippen LogP contribution in [0.5, 0.6) is 0 Å². The molecule has 208 valence electrons. The van der Waals surface area contributed by atoms with Crippen LogP contribution in [0.3, 0.4) is 0 Å². The summed E-state index contributed by atoms with van der Waals surface area (Å²) >= 11 is 0. The summed E-state index contributed by atoms with van der Waals surface area (Å²) in [5, 5.41) is 14.3. The normalized spacial score (nSPS) is 26.6. The Hall–Kier alpha value is -3.21. The van der Waals surface area contributed by atoms with Gasteiger partial charge in [0.1, 0.15) is 18.3 Å². The number of aliphatic hydroxyl groups excluding tert-OH is 1. The molecular formula is C29H32F3N3O4. The standard InChI is InChI=1S/C29H32F3N3O4/c1-18(29(30,31)32)34-24(15-17-39-3)35(33-16-14-23(36)26(37)28(33,2)27(34)38)25-21-10-6-4-8-19(21)12-13-20-9-5-7-11-22(20)25/h4-11,14,16,18,24-26,37H,12-13,15,17H2,1-3H3/t18-,24+,26?,28?/m0/s1. The third kappa shape index (κ3) is 4.34. The molecule has 2 heterocycles. The van der Waals surface area contributed by atoms with Gasteiger partial charge in [0.15, 0.2) is 11.3 Å². The largest absolute Gasteiger partial charge is 0.408 e. The van der Waals surface area contributed by atoms with Crippen LogP contribution in [0.15, 0.2) is 60.8 Å². The van der Waals surface area contributed by atoms with Gasteiger partial charge in [-0.3, -0.25) is 14.6 Å². The van der Waals surface area contributed by atoms with Gasteiger partial charge in [0.05, 0.1) is 6.04 Å².